The first-order chi connectivity index (χ1) is 10.3. The zero-order valence-electron chi connectivity index (χ0n) is 11.5. The predicted octanol–water partition coefficient (Wildman–Crippen LogP) is 1.46. The van der Waals surface area contributed by atoms with Crippen LogP contribution in [0.25, 0.3) is 11.1 Å². The van der Waals surface area contributed by atoms with Gasteiger partial charge in [-0.25, -0.2) is 0 Å². The fourth-order valence-corrected chi connectivity index (χ4v) is 3.05. The number of hydrogen-bond acceptors (Lipinski definition) is 5. The van der Waals surface area contributed by atoms with E-state index in [0.29, 0.717) is 43.2 Å². The van der Waals surface area contributed by atoms with E-state index >= 15 is 0 Å². The van der Waals surface area contributed by atoms with Gasteiger partial charge in [-0.05, 0) is 18.6 Å². The first-order valence-corrected chi connectivity index (χ1v) is 7.18. The number of amides is 1. The van der Waals surface area contributed by atoms with E-state index in [4.69, 9.17) is 13.9 Å². The second-order valence-electron chi connectivity index (χ2n) is 5.34. The Morgan fingerprint density at radius 2 is 2.33 bits per heavy atom. The van der Waals surface area contributed by atoms with E-state index < -0.39 is 0 Å². The number of carbonyl (C=O) groups excluding carboxylic acids is 1. The van der Waals surface area contributed by atoms with Gasteiger partial charge in [0.2, 0.25) is 0 Å². The van der Waals surface area contributed by atoms with Crippen molar-refractivity contribution in [2.75, 3.05) is 26.4 Å². The van der Waals surface area contributed by atoms with Gasteiger partial charge in [-0.3, -0.25) is 9.78 Å². The highest BCUT2D eigenvalue weighted by Gasteiger charge is 2.38. The molecule has 0 radical (unpaired) electrons. The SMILES string of the molecule is O=C(c1cc2ncccc2o1)N1CCO[C@@H]2COCC[C@@H]21. The summed E-state index contributed by atoms with van der Waals surface area (Å²) in [5.74, 6) is 0.254. The average molecular weight is 288 g/mol. The minimum absolute atomic E-state index is 0.0287. The average Bonchev–Trinajstić information content (AvgIpc) is 2.97. The molecule has 2 aliphatic heterocycles. The van der Waals surface area contributed by atoms with E-state index in [1.165, 1.54) is 0 Å². The van der Waals surface area contributed by atoms with E-state index in [1.807, 2.05) is 11.0 Å². The lowest BCUT2D eigenvalue weighted by Gasteiger charge is -2.43. The van der Waals surface area contributed by atoms with Crippen LogP contribution in [0.1, 0.15) is 17.0 Å². The fraction of sp³-hybridized carbons (Fsp3) is 0.467. The highest BCUT2D eigenvalue weighted by molar-refractivity contribution is 5.95. The summed E-state index contributed by atoms with van der Waals surface area (Å²) in [5.41, 5.74) is 1.34. The lowest BCUT2D eigenvalue weighted by Crippen LogP contribution is -2.57. The first kappa shape index (κ1) is 12.8. The Hall–Kier alpha value is -1.92. The predicted molar refractivity (Wildman–Crippen MR) is 74.0 cm³/mol. The van der Waals surface area contributed by atoms with Crippen LogP contribution >= 0.6 is 0 Å². The Kier molecular flexibility index (Phi) is 3.12. The number of morpholine rings is 1. The van der Waals surface area contributed by atoms with Crippen molar-refractivity contribution in [1.82, 2.24) is 9.88 Å². The minimum Gasteiger partial charge on any atom is -0.449 e. The van der Waals surface area contributed by atoms with E-state index in [2.05, 4.69) is 4.98 Å². The van der Waals surface area contributed by atoms with Crippen LogP contribution in [0, 0.1) is 0 Å². The van der Waals surface area contributed by atoms with Crippen LogP contribution in [0.2, 0.25) is 0 Å². The third kappa shape index (κ3) is 2.20. The summed E-state index contributed by atoms with van der Waals surface area (Å²) in [6.45, 7) is 2.34. The van der Waals surface area contributed by atoms with Gasteiger partial charge >= 0.3 is 0 Å². The second kappa shape index (κ2) is 5.13. The van der Waals surface area contributed by atoms with Crippen LogP contribution in [0.5, 0.6) is 0 Å². The summed E-state index contributed by atoms with van der Waals surface area (Å²) < 4.78 is 16.8. The fourth-order valence-electron chi connectivity index (χ4n) is 3.05. The first-order valence-electron chi connectivity index (χ1n) is 7.18. The van der Waals surface area contributed by atoms with Crippen LogP contribution in [0.15, 0.2) is 28.8 Å². The normalized spacial score (nSPS) is 25.8. The van der Waals surface area contributed by atoms with Gasteiger partial charge in [0.25, 0.3) is 5.91 Å². The molecule has 6 nitrogen and oxygen atoms in total. The monoisotopic (exact) mass is 288 g/mol. The molecule has 0 unspecified atom stereocenters. The molecule has 0 bridgehead atoms. The molecule has 21 heavy (non-hydrogen) atoms. The zero-order valence-corrected chi connectivity index (χ0v) is 11.5. The Morgan fingerprint density at radius 3 is 3.24 bits per heavy atom. The number of aromatic nitrogens is 1. The molecule has 2 saturated heterocycles. The van der Waals surface area contributed by atoms with Crippen molar-refractivity contribution < 1.29 is 18.7 Å². The Balaban J connectivity index is 1.63. The number of fused-ring (bicyclic) bond motifs is 2. The number of nitrogens with zero attached hydrogens (tertiary/aromatic N) is 2. The van der Waals surface area contributed by atoms with E-state index in [9.17, 15) is 4.79 Å². The lowest BCUT2D eigenvalue weighted by atomic mass is 10.0. The third-order valence-corrected chi connectivity index (χ3v) is 4.09. The summed E-state index contributed by atoms with van der Waals surface area (Å²) in [4.78, 5) is 18.8. The molecule has 1 amide bonds. The highest BCUT2D eigenvalue weighted by atomic mass is 16.5. The molecule has 4 rings (SSSR count). The third-order valence-electron chi connectivity index (χ3n) is 4.09. The Labute approximate surface area is 121 Å². The molecule has 0 aromatic carbocycles. The molecule has 0 N–H and O–H groups in total. The lowest BCUT2D eigenvalue weighted by molar-refractivity contribution is -0.124. The van der Waals surface area contributed by atoms with Gasteiger partial charge in [0.05, 0.1) is 19.3 Å². The number of pyridine rings is 1. The molecular formula is C15H16N2O4. The molecule has 0 saturated carbocycles. The zero-order chi connectivity index (χ0) is 14.2. The van der Waals surface area contributed by atoms with Crippen molar-refractivity contribution in [3.8, 4) is 0 Å². The van der Waals surface area contributed by atoms with Gasteiger partial charge in [-0.1, -0.05) is 0 Å². The van der Waals surface area contributed by atoms with Crippen LogP contribution in [-0.4, -0.2) is 54.3 Å². The maximum Gasteiger partial charge on any atom is 0.290 e. The van der Waals surface area contributed by atoms with Crippen LogP contribution in [-0.2, 0) is 9.47 Å². The second-order valence-corrected chi connectivity index (χ2v) is 5.34. The van der Waals surface area contributed by atoms with Crippen molar-refractivity contribution in [2.24, 2.45) is 0 Å². The summed E-state index contributed by atoms with van der Waals surface area (Å²) in [5, 5.41) is 0. The standard InChI is InChI=1S/C15H16N2O4/c18-15(13-8-10-12(21-13)2-1-4-16-10)17-5-7-20-14-9-19-6-3-11(14)17/h1-2,4,8,11,14H,3,5-7,9H2/t11-,14+/m0/s1. The summed E-state index contributed by atoms with van der Waals surface area (Å²) in [6.07, 6.45) is 2.46. The Bertz CT molecular complexity index is 633. The molecule has 2 fully saturated rings. The van der Waals surface area contributed by atoms with Gasteiger partial charge in [-0.15, -0.1) is 0 Å². The molecule has 0 spiro atoms. The molecule has 2 atom stereocenters. The highest BCUT2D eigenvalue weighted by Crippen LogP contribution is 2.25. The molecule has 110 valence electrons. The number of rotatable bonds is 1. The number of carbonyl (C=O) groups is 1. The van der Waals surface area contributed by atoms with E-state index in [0.717, 1.165) is 6.42 Å². The van der Waals surface area contributed by atoms with Gasteiger partial charge in [0, 0.05) is 25.4 Å². The number of ether oxygens (including phenoxy) is 2. The van der Waals surface area contributed by atoms with Crippen molar-refractivity contribution in [1.29, 1.82) is 0 Å². The summed E-state index contributed by atoms with van der Waals surface area (Å²) >= 11 is 0. The maximum atomic E-state index is 12.7. The van der Waals surface area contributed by atoms with E-state index in [1.54, 1.807) is 18.3 Å². The molecule has 6 heteroatoms. The van der Waals surface area contributed by atoms with Crippen molar-refractivity contribution in [3.63, 3.8) is 0 Å². The van der Waals surface area contributed by atoms with Gasteiger partial charge < -0.3 is 18.8 Å². The van der Waals surface area contributed by atoms with Crippen molar-refractivity contribution in [2.45, 2.75) is 18.6 Å². The van der Waals surface area contributed by atoms with Crippen molar-refractivity contribution >= 4 is 17.0 Å². The molecule has 4 heterocycles. The van der Waals surface area contributed by atoms with Crippen LogP contribution < -0.4 is 0 Å². The number of hydrogen-bond donors (Lipinski definition) is 0. The van der Waals surface area contributed by atoms with Crippen LogP contribution in [0.3, 0.4) is 0 Å². The molecular weight excluding hydrogens is 272 g/mol. The smallest absolute Gasteiger partial charge is 0.290 e. The van der Waals surface area contributed by atoms with Crippen molar-refractivity contribution in [3.05, 3.63) is 30.2 Å². The Morgan fingerprint density at radius 1 is 1.38 bits per heavy atom. The van der Waals surface area contributed by atoms with Crippen LogP contribution in [0.4, 0.5) is 0 Å². The van der Waals surface area contributed by atoms with Gasteiger partial charge in [0.1, 0.15) is 11.6 Å². The molecule has 2 aromatic heterocycles. The minimum atomic E-state index is -0.0896. The topological polar surface area (TPSA) is 64.8 Å². The summed E-state index contributed by atoms with van der Waals surface area (Å²) in [7, 11) is 0. The quantitative estimate of drug-likeness (QED) is 0.795. The molecule has 2 aliphatic rings. The molecule has 0 aliphatic carbocycles. The van der Waals surface area contributed by atoms with E-state index in [-0.39, 0.29) is 18.1 Å². The van der Waals surface area contributed by atoms with Gasteiger partial charge in [0.15, 0.2) is 11.3 Å². The molecule has 2 aromatic rings. The summed E-state index contributed by atoms with van der Waals surface area (Å²) in [6, 6.07) is 5.39. The maximum absolute atomic E-state index is 12.7. The number of furan rings is 1. The van der Waals surface area contributed by atoms with Gasteiger partial charge in [-0.2, -0.15) is 0 Å². The largest absolute Gasteiger partial charge is 0.449 e.